The highest BCUT2D eigenvalue weighted by Crippen LogP contribution is 2.08. The van der Waals surface area contributed by atoms with Crippen molar-refractivity contribution in [3.05, 3.63) is 40.8 Å². The van der Waals surface area contributed by atoms with Crippen LogP contribution in [0.5, 0.6) is 0 Å². The standard InChI is InChI=1S/C11H12N2O.C2H6/c1-8(2)13-11(14)10-6-4-3-5-9(10)7-12-13;1-2/h3-8H,1-2H3;1-2H3. The molecule has 86 valence electrons. The van der Waals surface area contributed by atoms with Crippen LogP contribution in [-0.2, 0) is 0 Å². The maximum Gasteiger partial charge on any atom is 0.274 e. The maximum absolute atomic E-state index is 11.9. The highest BCUT2D eigenvalue weighted by molar-refractivity contribution is 5.80. The molecule has 1 aromatic carbocycles. The molecule has 0 fully saturated rings. The fourth-order valence-corrected chi connectivity index (χ4v) is 1.47. The summed E-state index contributed by atoms with van der Waals surface area (Å²) >= 11 is 0. The molecule has 16 heavy (non-hydrogen) atoms. The lowest BCUT2D eigenvalue weighted by Crippen LogP contribution is -2.24. The quantitative estimate of drug-likeness (QED) is 0.737. The highest BCUT2D eigenvalue weighted by Gasteiger charge is 2.05. The first kappa shape index (κ1) is 12.4. The van der Waals surface area contributed by atoms with Crippen LogP contribution >= 0.6 is 0 Å². The van der Waals surface area contributed by atoms with Gasteiger partial charge in [0.2, 0.25) is 0 Å². The van der Waals surface area contributed by atoms with Gasteiger partial charge in [-0.15, -0.1) is 0 Å². The molecule has 0 amide bonds. The van der Waals surface area contributed by atoms with Crippen LogP contribution in [0, 0.1) is 0 Å². The van der Waals surface area contributed by atoms with Crippen molar-refractivity contribution in [3.8, 4) is 0 Å². The number of aromatic nitrogens is 2. The van der Waals surface area contributed by atoms with E-state index in [9.17, 15) is 4.79 Å². The number of rotatable bonds is 1. The Hall–Kier alpha value is -1.64. The topological polar surface area (TPSA) is 34.9 Å². The van der Waals surface area contributed by atoms with Crippen molar-refractivity contribution in [2.75, 3.05) is 0 Å². The molecule has 1 heterocycles. The first-order valence-corrected chi connectivity index (χ1v) is 5.66. The van der Waals surface area contributed by atoms with Crippen LogP contribution in [0.4, 0.5) is 0 Å². The number of fused-ring (bicyclic) bond motifs is 1. The Morgan fingerprint density at radius 3 is 2.44 bits per heavy atom. The summed E-state index contributed by atoms with van der Waals surface area (Å²) in [5.74, 6) is 0. The van der Waals surface area contributed by atoms with Gasteiger partial charge in [0.05, 0.1) is 17.6 Å². The third-order valence-electron chi connectivity index (χ3n) is 2.21. The lowest BCUT2D eigenvalue weighted by molar-refractivity contribution is 0.507. The molecule has 3 nitrogen and oxygen atoms in total. The molecule has 0 aliphatic heterocycles. The van der Waals surface area contributed by atoms with E-state index in [0.717, 1.165) is 10.8 Å². The second-order valence-corrected chi connectivity index (χ2v) is 3.58. The zero-order valence-corrected chi connectivity index (χ0v) is 10.3. The van der Waals surface area contributed by atoms with E-state index in [1.54, 1.807) is 6.20 Å². The van der Waals surface area contributed by atoms with Crippen LogP contribution in [0.3, 0.4) is 0 Å². The van der Waals surface area contributed by atoms with E-state index in [1.165, 1.54) is 4.68 Å². The Morgan fingerprint density at radius 1 is 1.19 bits per heavy atom. The summed E-state index contributed by atoms with van der Waals surface area (Å²) in [6, 6.07) is 7.61. The third kappa shape index (κ3) is 2.30. The molecule has 2 rings (SSSR count). The van der Waals surface area contributed by atoms with Gasteiger partial charge in [-0.1, -0.05) is 32.0 Å². The maximum atomic E-state index is 11.9. The van der Waals surface area contributed by atoms with E-state index in [4.69, 9.17) is 0 Å². The SMILES string of the molecule is CC.CC(C)n1ncc2ccccc2c1=O. The van der Waals surface area contributed by atoms with Crippen molar-refractivity contribution in [3.63, 3.8) is 0 Å². The smallest absolute Gasteiger partial charge is 0.267 e. The van der Waals surface area contributed by atoms with Crippen LogP contribution in [-0.4, -0.2) is 9.78 Å². The number of nitrogens with zero attached hydrogens (tertiary/aromatic N) is 2. The van der Waals surface area contributed by atoms with Crippen molar-refractivity contribution in [1.82, 2.24) is 9.78 Å². The van der Waals surface area contributed by atoms with Crippen LogP contribution in [0.15, 0.2) is 35.3 Å². The lowest BCUT2D eigenvalue weighted by atomic mass is 10.2. The summed E-state index contributed by atoms with van der Waals surface area (Å²) in [7, 11) is 0. The summed E-state index contributed by atoms with van der Waals surface area (Å²) in [6.07, 6.45) is 1.73. The van der Waals surface area contributed by atoms with Crippen LogP contribution in [0.1, 0.15) is 33.7 Å². The molecule has 1 aromatic heterocycles. The predicted octanol–water partition coefficient (Wildman–Crippen LogP) is 3.00. The Bertz CT molecular complexity index is 515. The lowest BCUT2D eigenvalue weighted by Gasteiger charge is -2.08. The van der Waals surface area contributed by atoms with Gasteiger partial charge in [0.15, 0.2) is 0 Å². The van der Waals surface area contributed by atoms with E-state index in [0.29, 0.717) is 0 Å². The molecule has 0 spiro atoms. The van der Waals surface area contributed by atoms with Crippen molar-refractivity contribution in [2.24, 2.45) is 0 Å². The van der Waals surface area contributed by atoms with Gasteiger partial charge in [-0.05, 0) is 19.9 Å². The van der Waals surface area contributed by atoms with Crippen molar-refractivity contribution in [2.45, 2.75) is 33.7 Å². The molecule has 0 saturated heterocycles. The fourth-order valence-electron chi connectivity index (χ4n) is 1.47. The second kappa shape index (κ2) is 5.45. The largest absolute Gasteiger partial charge is 0.274 e. The van der Waals surface area contributed by atoms with Gasteiger partial charge in [-0.3, -0.25) is 4.79 Å². The summed E-state index contributed by atoms with van der Waals surface area (Å²) in [6.45, 7) is 7.90. The van der Waals surface area contributed by atoms with Gasteiger partial charge < -0.3 is 0 Å². The van der Waals surface area contributed by atoms with Gasteiger partial charge >= 0.3 is 0 Å². The molecule has 0 unspecified atom stereocenters. The Labute approximate surface area is 95.7 Å². The normalized spacial score (nSPS) is 10.1. The summed E-state index contributed by atoms with van der Waals surface area (Å²) < 4.78 is 1.50. The summed E-state index contributed by atoms with van der Waals surface area (Å²) in [4.78, 5) is 11.9. The van der Waals surface area contributed by atoms with Crippen molar-refractivity contribution >= 4 is 10.8 Å². The minimum atomic E-state index is -0.0156. The van der Waals surface area contributed by atoms with Gasteiger partial charge in [-0.2, -0.15) is 5.10 Å². The average Bonchev–Trinajstić information content (AvgIpc) is 2.32. The zero-order chi connectivity index (χ0) is 12.1. The van der Waals surface area contributed by atoms with E-state index in [1.807, 2.05) is 52.0 Å². The van der Waals surface area contributed by atoms with Crippen LogP contribution < -0.4 is 5.56 Å². The minimum absolute atomic E-state index is 0.0156. The molecule has 0 atom stereocenters. The first-order chi connectivity index (χ1) is 7.70. The molecule has 0 saturated carbocycles. The highest BCUT2D eigenvalue weighted by atomic mass is 16.1. The molecule has 2 aromatic rings. The second-order valence-electron chi connectivity index (χ2n) is 3.58. The molecule has 0 radical (unpaired) electrons. The molecule has 0 aliphatic carbocycles. The van der Waals surface area contributed by atoms with E-state index in [-0.39, 0.29) is 11.6 Å². The van der Waals surface area contributed by atoms with E-state index >= 15 is 0 Å². The Kier molecular flexibility index (Phi) is 4.23. The van der Waals surface area contributed by atoms with Gasteiger partial charge in [0.1, 0.15) is 0 Å². The fraction of sp³-hybridized carbons (Fsp3) is 0.385. The van der Waals surface area contributed by atoms with Crippen LogP contribution in [0.25, 0.3) is 10.8 Å². The third-order valence-corrected chi connectivity index (χ3v) is 2.21. The average molecular weight is 218 g/mol. The van der Waals surface area contributed by atoms with Gasteiger partial charge in [-0.25, -0.2) is 4.68 Å². The van der Waals surface area contributed by atoms with E-state index in [2.05, 4.69) is 5.10 Å². The number of hydrogen-bond acceptors (Lipinski definition) is 2. The molecule has 0 aliphatic rings. The first-order valence-electron chi connectivity index (χ1n) is 5.66. The zero-order valence-electron chi connectivity index (χ0n) is 10.3. The monoisotopic (exact) mass is 218 g/mol. The molecular formula is C13H18N2O. The molecule has 0 N–H and O–H groups in total. The number of benzene rings is 1. The van der Waals surface area contributed by atoms with E-state index < -0.39 is 0 Å². The Balaban J connectivity index is 0.000000606. The van der Waals surface area contributed by atoms with Gasteiger partial charge in [0, 0.05) is 5.39 Å². The van der Waals surface area contributed by atoms with Gasteiger partial charge in [0.25, 0.3) is 5.56 Å². The summed E-state index contributed by atoms with van der Waals surface area (Å²) in [5.41, 5.74) is -0.0156. The van der Waals surface area contributed by atoms with Crippen molar-refractivity contribution < 1.29 is 0 Å². The Morgan fingerprint density at radius 2 is 1.81 bits per heavy atom. The number of hydrogen-bond donors (Lipinski definition) is 0. The molecule has 0 bridgehead atoms. The van der Waals surface area contributed by atoms with Crippen LogP contribution in [0.2, 0.25) is 0 Å². The summed E-state index contributed by atoms with van der Waals surface area (Å²) in [5, 5.41) is 5.74. The minimum Gasteiger partial charge on any atom is -0.267 e. The molecular weight excluding hydrogens is 200 g/mol. The van der Waals surface area contributed by atoms with Crippen molar-refractivity contribution in [1.29, 1.82) is 0 Å². The molecule has 3 heteroatoms. The predicted molar refractivity (Wildman–Crippen MR) is 67.7 cm³/mol.